The van der Waals surface area contributed by atoms with E-state index in [0.29, 0.717) is 6.04 Å². The van der Waals surface area contributed by atoms with Gasteiger partial charge >= 0.3 is 0 Å². The van der Waals surface area contributed by atoms with Crippen molar-refractivity contribution in [2.45, 2.75) is 43.5 Å². The van der Waals surface area contributed by atoms with Gasteiger partial charge in [-0.3, -0.25) is 0 Å². The van der Waals surface area contributed by atoms with E-state index in [1.165, 1.54) is 44.2 Å². The maximum Gasteiger partial charge on any atom is 0.123 e. The van der Waals surface area contributed by atoms with Gasteiger partial charge in [-0.25, -0.2) is 4.39 Å². The normalized spacial score (nSPS) is 19.1. The highest BCUT2D eigenvalue weighted by Crippen LogP contribution is 2.26. The number of rotatable bonds is 4. The van der Waals surface area contributed by atoms with E-state index in [1.807, 2.05) is 0 Å². The summed E-state index contributed by atoms with van der Waals surface area (Å²) in [6.07, 6.45) is 6.59. The van der Waals surface area contributed by atoms with Crippen molar-refractivity contribution in [1.82, 2.24) is 4.90 Å². The second-order valence-electron chi connectivity index (χ2n) is 5.25. The molecule has 1 aliphatic carbocycles. The van der Waals surface area contributed by atoms with Gasteiger partial charge in [0.1, 0.15) is 5.82 Å². The van der Waals surface area contributed by atoms with E-state index in [2.05, 4.69) is 11.9 Å². The molecule has 0 bridgehead atoms. The summed E-state index contributed by atoms with van der Waals surface area (Å²) in [5.74, 6) is -0.205. The molecule has 0 N–H and O–H groups in total. The fraction of sp³-hybridized carbons (Fsp3) is 0.600. The molecule has 2 rings (SSSR count). The molecule has 0 amide bonds. The van der Waals surface area contributed by atoms with Crippen LogP contribution in [0, 0.1) is 5.82 Å². The lowest BCUT2D eigenvalue weighted by Gasteiger charge is -2.32. The van der Waals surface area contributed by atoms with E-state index in [-0.39, 0.29) is 11.2 Å². The first-order valence-electron chi connectivity index (χ1n) is 6.76. The van der Waals surface area contributed by atoms with Gasteiger partial charge in [0.05, 0.1) is 5.38 Å². The maximum absolute atomic E-state index is 12.8. The van der Waals surface area contributed by atoms with Crippen LogP contribution < -0.4 is 0 Å². The van der Waals surface area contributed by atoms with Crippen molar-refractivity contribution in [3.8, 4) is 0 Å². The molecule has 18 heavy (non-hydrogen) atoms. The van der Waals surface area contributed by atoms with Crippen molar-refractivity contribution in [2.24, 2.45) is 0 Å². The Morgan fingerprint density at radius 3 is 2.44 bits per heavy atom. The summed E-state index contributed by atoms with van der Waals surface area (Å²) in [7, 11) is 2.15. The lowest BCUT2D eigenvalue weighted by Crippen LogP contribution is -2.35. The molecule has 1 saturated carbocycles. The van der Waals surface area contributed by atoms with Gasteiger partial charge in [-0.05, 0) is 37.6 Å². The molecule has 0 heterocycles. The first kappa shape index (κ1) is 13.8. The molecule has 1 nitrogen and oxygen atoms in total. The zero-order valence-electron chi connectivity index (χ0n) is 10.9. The second kappa shape index (κ2) is 6.53. The molecular weight excluding hydrogens is 249 g/mol. The van der Waals surface area contributed by atoms with E-state index >= 15 is 0 Å². The third-order valence-electron chi connectivity index (χ3n) is 3.88. The van der Waals surface area contributed by atoms with E-state index < -0.39 is 0 Å². The van der Waals surface area contributed by atoms with Gasteiger partial charge in [-0.1, -0.05) is 31.4 Å². The first-order chi connectivity index (χ1) is 8.66. The van der Waals surface area contributed by atoms with Crippen LogP contribution in [0.25, 0.3) is 0 Å². The number of nitrogens with zero attached hydrogens (tertiary/aromatic N) is 1. The Hall–Kier alpha value is -0.600. The summed E-state index contributed by atoms with van der Waals surface area (Å²) in [5.41, 5.74) is 1.00. The van der Waals surface area contributed by atoms with E-state index in [1.54, 1.807) is 12.1 Å². The Labute approximate surface area is 114 Å². The van der Waals surface area contributed by atoms with Crippen LogP contribution in [0.5, 0.6) is 0 Å². The number of alkyl halides is 1. The largest absolute Gasteiger partial charge is 0.302 e. The van der Waals surface area contributed by atoms with E-state index in [4.69, 9.17) is 11.6 Å². The van der Waals surface area contributed by atoms with E-state index in [0.717, 1.165) is 12.1 Å². The van der Waals surface area contributed by atoms with Crippen LogP contribution in [0.2, 0.25) is 0 Å². The van der Waals surface area contributed by atoms with Gasteiger partial charge in [-0.2, -0.15) is 0 Å². The third-order valence-corrected chi connectivity index (χ3v) is 4.27. The quantitative estimate of drug-likeness (QED) is 0.734. The molecule has 0 aliphatic heterocycles. The molecule has 1 atom stereocenters. The Morgan fingerprint density at radius 1 is 1.22 bits per heavy atom. The van der Waals surface area contributed by atoms with Crippen LogP contribution in [0.3, 0.4) is 0 Å². The number of halogens is 2. The molecular formula is C15H21ClFN. The van der Waals surface area contributed by atoms with Crippen molar-refractivity contribution in [1.29, 1.82) is 0 Å². The van der Waals surface area contributed by atoms with Crippen LogP contribution in [-0.2, 0) is 0 Å². The smallest absolute Gasteiger partial charge is 0.123 e. The topological polar surface area (TPSA) is 3.24 Å². The van der Waals surface area contributed by atoms with Gasteiger partial charge < -0.3 is 4.90 Å². The Morgan fingerprint density at radius 2 is 1.83 bits per heavy atom. The van der Waals surface area contributed by atoms with Gasteiger partial charge in [0.2, 0.25) is 0 Å². The lowest BCUT2D eigenvalue weighted by atomic mass is 9.94. The fourth-order valence-electron chi connectivity index (χ4n) is 2.70. The summed E-state index contributed by atoms with van der Waals surface area (Å²) in [6.45, 7) is 0.831. The Bertz CT molecular complexity index is 359. The van der Waals surface area contributed by atoms with Crippen molar-refractivity contribution in [3.63, 3.8) is 0 Å². The molecule has 100 valence electrons. The highest BCUT2D eigenvalue weighted by Gasteiger charge is 2.20. The summed E-state index contributed by atoms with van der Waals surface area (Å²) >= 11 is 6.41. The van der Waals surface area contributed by atoms with Gasteiger partial charge in [0, 0.05) is 12.6 Å². The van der Waals surface area contributed by atoms with Crippen LogP contribution in [0.15, 0.2) is 24.3 Å². The molecule has 0 saturated heterocycles. The Kier molecular flexibility index (Phi) is 5.02. The average Bonchev–Trinajstić information content (AvgIpc) is 2.40. The predicted molar refractivity (Wildman–Crippen MR) is 74.5 cm³/mol. The fourth-order valence-corrected chi connectivity index (χ4v) is 3.06. The van der Waals surface area contributed by atoms with Gasteiger partial charge in [0.25, 0.3) is 0 Å². The van der Waals surface area contributed by atoms with Gasteiger partial charge in [0.15, 0.2) is 0 Å². The minimum absolute atomic E-state index is 0.0578. The average molecular weight is 270 g/mol. The monoisotopic (exact) mass is 269 g/mol. The van der Waals surface area contributed by atoms with Crippen molar-refractivity contribution < 1.29 is 4.39 Å². The maximum atomic E-state index is 12.8. The molecule has 1 aromatic carbocycles. The lowest BCUT2D eigenvalue weighted by molar-refractivity contribution is 0.192. The number of hydrogen-bond donors (Lipinski definition) is 0. The third kappa shape index (κ3) is 3.69. The summed E-state index contributed by atoms with van der Waals surface area (Å²) in [5, 5.41) is -0.0578. The summed E-state index contributed by atoms with van der Waals surface area (Å²) < 4.78 is 12.8. The van der Waals surface area contributed by atoms with Crippen LogP contribution in [0.4, 0.5) is 4.39 Å². The number of benzene rings is 1. The number of likely N-dealkylation sites (N-methyl/N-ethyl adjacent to an activating group) is 1. The zero-order chi connectivity index (χ0) is 13.0. The predicted octanol–water partition coefficient (Wildman–Crippen LogP) is 4.37. The Balaban J connectivity index is 1.89. The van der Waals surface area contributed by atoms with E-state index in [9.17, 15) is 4.39 Å². The second-order valence-corrected chi connectivity index (χ2v) is 5.78. The SMILES string of the molecule is CN(CC(Cl)c1ccc(F)cc1)C1CCCCC1. The highest BCUT2D eigenvalue weighted by atomic mass is 35.5. The summed E-state index contributed by atoms with van der Waals surface area (Å²) in [4.78, 5) is 2.36. The van der Waals surface area contributed by atoms with Gasteiger partial charge in [-0.15, -0.1) is 11.6 Å². The molecule has 1 fully saturated rings. The van der Waals surface area contributed by atoms with Crippen LogP contribution in [-0.4, -0.2) is 24.5 Å². The summed E-state index contributed by atoms with van der Waals surface area (Å²) in [6, 6.07) is 7.18. The molecule has 3 heteroatoms. The minimum Gasteiger partial charge on any atom is -0.302 e. The molecule has 1 aliphatic rings. The molecule has 1 unspecified atom stereocenters. The standard InChI is InChI=1S/C15H21ClFN/c1-18(14-5-3-2-4-6-14)11-15(16)12-7-9-13(17)10-8-12/h7-10,14-15H,2-6,11H2,1H3. The van der Waals surface area contributed by atoms with Crippen molar-refractivity contribution in [3.05, 3.63) is 35.6 Å². The molecule has 0 radical (unpaired) electrons. The van der Waals surface area contributed by atoms with Crippen LogP contribution >= 0.6 is 11.6 Å². The zero-order valence-corrected chi connectivity index (χ0v) is 11.7. The molecule has 1 aromatic rings. The van der Waals surface area contributed by atoms with Crippen LogP contribution in [0.1, 0.15) is 43.0 Å². The minimum atomic E-state index is -0.205. The molecule has 0 aromatic heterocycles. The first-order valence-corrected chi connectivity index (χ1v) is 7.20. The van der Waals surface area contributed by atoms with Crippen molar-refractivity contribution >= 4 is 11.6 Å². The highest BCUT2D eigenvalue weighted by molar-refractivity contribution is 6.21. The number of hydrogen-bond acceptors (Lipinski definition) is 1. The van der Waals surface area contributed by atoms with Crippen molar-refractivity contribution in [2.75, 3.05) is 13.6 Å². The molecule has 0 spiro atoms.